The van der Waals surface area contributed by atoms with Gasteiger partial charge in [0.05, 0.1) is 18.2 Å². The van der Waals surface area contributed by atoms with Gasteiger partial charge in [0.2, 0.25) is 5.91 Å². The van der Waals surface area contributed by atoms with E-state index in [0.717, 1.165) is 23.3 Å². The monoisotopic (exact) mass is 461 g/mol. The van der Waals surface area contributed by atoms with Crippen molar-refractivity contribution in [2.45, 2.75) is 32.8 Å². The lowest BCUT2D eigenvalue weighted by molar-refractivity contribution is -0.384. The summed E-state index contributed by atoms with van der Waals surface area (Å²) in [4.78, 5) is 22.5. The first-order valence-electron chi connectivity index (χ1n) is 10.9. The highest BCUT2D eigenvalue weighted by Crippen LogP contribution is 2.20. The van der Waals surface area contributed by atoms with Crippen LogP contribution in [0, 0.1) is 17.0 Å². The van der Waals surface area contributed by atoms with Crippen molar-refractivity contribution in [3.63, 3.8) is 0 Å². The van der Waals surface area contributed by atoms with Gasteiger partial charge in [-0.2, -0.15) is 5.10 Å². The van der Waals surface area contributed by atoms with E-state index in [4.69, 9.17) is 9.47 Å². The molecule has 0 aliphatic carbocycles. The molecular weight excluding hydrogens is 434 g/mol. The molecule has 0 saturated carbocycles. The van der Waals surface area contributed by atoms with Crippen molar-refractivity contribution in [3.8, 4) is 11.5 Å². The number of non-ortho nitro benzene ring substituents is 1. The third kappa shape index (κ3) is 7.16. The molecule has 1 amide bonds. The Hall–Kier alpha value is -4.20. The molecule has 0 atom stereocenters. The molecular formula is C26H27N3O5. The summed E-state index contributed by atoms with van der Waals surface area (Å²) in [6.07, 6.45) is 3.41. The summed E-state index contributed by atoms with van der Waals surface area (Å²) in [7, 11) is 1.64. The van der Waals surface area contributed by atoms with Gasteiger partial charge in [-0.25, -0.2) is 5.43 Å². The number of carbonyl (C=O) groups excluding carboxylic acids is 1. The first-order chi connectivity index (χ1) is 16.5. The highest BCUT2D eigenvalue weighted by atomic mass is 16.6. The number of methoxy groups -OCH3 is 1. The zero-order valence-electron chi connectivity index (χ0n) is 19.2. The molecule has 3 aromatic carbocycles. The fourth-order valence-corrected chi connectivity index (χ4v) is 3.34. The molecule has 1 N–H and O–H groups in total. The summed E-state index contributed by atoms with van der Waals surface area (Å²) in [5, 5.41) is 14.8. The number of hydrogen-bond acceptors (Lipinski definition) is 6. The highest BCUT2D eigenvalue weighted by molar-refractivity contribution is 5.85. The number of ether oxygens (including phenoxy) is 2. The Labute approximate surface area is 198 Å². The third-order valence-electron chi connectivity index (χ3n) is 5.25. The van der Waals surface area contributed by atoms with Crippen LogP contribution in [0.2, 0.25) is 0 Å². The zero-order valence-corrected chi connectivity index (χ0v) is 19.2. The fourth-order valence-electron chi connectivity index (χ4n) is 3.34. The lowest BCUT2D eigenvalue weighted by Crippen LogP contribution is -2.17. The van der Waals surface area contributed by atoms with E-state index >= 15 is 0 Å². The molecule has 0 aliphatic heterocycles. The first-order valence-corrected chi connectivity index (χ1v) is 10.9. The van der Waals surface area contributed by atoms with Crippen molar-refractivity contribution in [2.24, 2.45) is 5.10 Å². The molecule has 0 radical (unpaired) electrons. The molecule has 3 aromatic rings. The minimum atomic E-state index is -0.440. The Balaban J connectivity index is 1.48. The SMILES string of the molecule is COc1ccc(CCCC(=O)N/N=C\c2ccccc2OCc2ccc([N+](=O)[O-])cc2)c(C)c1. The number of benzene rings is 3. The minimum Gasteiger partial charge on any atom is -0.497 e. The summed E-state index contributed by atoms with van der Waals surface area (Å²) >= 11 is 0. The van der Waals surface area contributed by atoms with Gasteiger partial charge in [0, 0.05) is 24.1 Å². The Morgan fingerprint density at radius 3 is 2.59 bits per heavy atom. The molecule has 0 bridgehead atoms. The average Bonchev–Trinajstić information content (AvgIpc) is 2.84. The summed E-state index contributed by atoms with van der Waals surface area (Å²) in [6, 6.07) is 19.4. The summed E-state index contributed by atoms with van der Waals surface area (Å²) < 4.78 is 11.1. The van der Waals surface area contributed by atoms with Crippen LogP contribution in [0.3, 0.4) is 0 Å². The van der Waals surface area contributed by atoms with E-state index in [1.165, 1.54) is 23.9 Å². The molecule has 8 nitrogen and oxygen atoms in total. The van der Waals surface area contributed by atoms with E-state index in [2.05, 4.69) is 10.5 Å². The molecule has 8 heteroatoms. The average molecular weight is 462 g/mol. The number of nitrogens with one attached hydrogen (secondary N) is 1. The van der Waals surface area contributed by atoms with Gasteiger partial charge in [-0.15, -0.1) is 0 Å². The molecule has 3 rings (SSSR count). The number of carbonyl (C=O) groups is 1. The Morgan fingerprint density at radius 2 is 1.88 bits per heavy atom. The molecule has 0 spiro atoms. The number of hydrogen-bond donors (Lipinski definition) is 1. The standard InChI is InChI=1S/C26H27N3O5/c1-19-16-24(33-2)15-12-21(19)7-5-9-26(30)28-27-17-22-6-3-4-8-25(22)34-18-20-10-13-23(14-11-20)29(31)32/h3-4,6,8,10-17H,5,7,9,18H2,1-2H3,(H,28,30)/b27-17-. The molecule has 176 valence electrons. The fraction of sp³-hybridized carbons (Fsp3) is 0.231. The maximum atomic E-state index is 12.2. The number of hydrazone groups is 1. The van der Waals surface area contributed by atoms with Crippen molar-refractivity contribution in [2.75, 3.05) is 7.11 Å². The van der Waals surface area contributed by atoms with Crippen LogP contribution in [-0.2, 0) is 17.8 Å². The molecule has 0 saturated heterocycles. The predicted molar refractivity (Wildman–Crippen MR) is 130 cm³/mol. The molecule has 0 heterocycles. The molecule has 0 aliphatic rings. The number of aryl methyl sites for hydroxylation is 2. The van der Waals surface area contributed by atoms with Crippen LogP contribution in [-0.4, -0.2) is 24.2 Å². The number of nitro benzene ring substituents is 1. The molecule has 0 unspecified atom stereocenters. The normalized spacial score (nSPS) is 10.8. The van der Waals surface area contributed by atoms with E-state index in [0.29, 0.717) is 24.2 Å². The van der Waals surface area contributed by atoms with E-state index in [-0.39, 0.29) is 18.2 Å². The van der Waals surface area contributed by atoms with Gasteiger partial charge in [0.25, 0.3) is 5.69 Å². The van der Waals surface area contributed by atoms with Gasteiger partial charge < -0.3 is 9.47 Å². The quantitative estimate of drug-likeness (QED) is 0.247. The summed E-state index contributed by atoms with van der Waals surface area (Å²) in [5.74, 6) is 1.26. The number of nitro groups is 1. The van der Waals surface area contributed by atoms with Crippen LogP contribution < -0.4 is 14.9 Å². The van der Waals surface area contributed by atoms with Crippen LogP contribution in [0.25, 0.3) is 0 Å². The van der Waals surface area contributed by atoms with Crippen molar-refractivity contribution < 1.29 is 19.2 Å². The van der Waals surface area contributed by atoms with Crippen molar-refractivity contribution in [1.29, 1.82) is 0 Å². The van der Waals surface area contributed by atoms with Gasteiger partial charge in [-0.05, 0) is 72.9 Å². The molecule has 0 aromatic heterocycles. The van der Waals surface area contributed by atoms with Gasteiger partial charge in [-0.1, -0.05) is 18.2 Å². The summed E-state index contributed by atoms with van der Waals surface area (Å²) in [5.41, 5.74) is 6.44. The second kappa shape index (κ2) is 12.2. The third-order valence-corrected chi connectivity index (χ3v) is 5.25. The van der Waals surface area contributed by atoms with Crippen molar-refractivity contribution in [3.05, 3.63) is 99.1 Å². The highest BCUT2D eigenvalue weighted by Gasteiger charge is 2.07. The number of amides is 1. The lowest BCUT2D eigenvalue weighted by atomic mass is 10.0. The van der Waals surface area contributed by atoms with E-state index in [1.54, 1.807) is 25.3 Å². The zero-order chi connectivity index (χ0) is 24.3. The van der Waals surface area contributed by atoms with Crippen LogP contribution in [0.4, 0.5) is 5.69 Å². The second-order valence-electron chi connectivity index (χ2n) is 7.69. The van der Waals surface area contributed by atoms with Crippen molar-refractivity contribution >= 4 is 17.8 Å². The number of nitrogens with zero attached hydrogens (tertiary/aromatic N) is 2. The lowest BCUT2D eigenvalue weighted by Gasteiger charge is -2.09. The van der Waals surface area contributed by atoms with Gasteiger partial charge in [0.1, 0.15) is 18.1 Å². The van der Waals surface area contributed by atoms with Crippen LogP contribution >= 0.6 is 0 Å². The largest absolute Gasteiger partial charge is 0.497 e. The minimum absolute atomic E-state index is 0.0335. The maximum absolute atomic E-state index is 12.2. The van der Waals surface area contributed by atoms with Crippen LogP contribution in [0.15, 0.2) is 71.8 Å². The smallest absolute Gasteiger partial charge is 0.269 e. The van der Waals surface area contributed by atoms with Crippen LogP contribution in [0.5, 0.6) is 11.5 Å². The molecule has 34 heavy (non-hydrogen) atoms. The molecule has 0 fully saturated rings. The Bertz CT molecular complexity index is 1160. The van der Waals surface area contributed by atoms with Gasteiger partial charge >= 0.3 is 0 Å². The topological polar surface area (TPSA) is 103 Å². The number of rotatable bonds is 11. The van der Waals surface area contributed by atoms with Crippen molar-refractivity contribution in [1.82, 2.24) is 5.43 Å². The van der Waals surface area contributed by atoms with Gasteiger partial charge in [-0.3, -0.25) is 14.9 Å². The predicted octanol–water partition coefficient (Wildman–Crippen LogP) is 4.96. The van der Waals surface area contributed by atoms with E-state index in [1.807, 2.05) is 43.3 Å². The first kappa shape index (κ1) is 24.4. The summed E-state index contributed by atoms with van der Waals surface area (Å²) in [6.45, 7) is 2.28. The van der Waals surface area contributed by atoms with E-state index in [9.17, 15) is 14.9 Å². The van der Waals surface area contributed by atoms with E-state index < -0.39 is 4.92 Å². The Kier molecular flexibility index (Phi) is 8.73. The Morgan fingerprint density at radius 1 is 1.12 bits per heavy atom. The second-order valence-corrected chi connectivity index (χ2v) is 7.69. The maximum Gasteiger partial charge on any atom is 0.269 e. The van der Waals surface area contributed by atoms with Crippen LogP contribution in [0.1, 0.15) is 35.1 Å². The number of para-hydroxylation sites is 1. The van der Waals surface area contributed by atoms with Gasteiger partial charge in [0.15, 0.2) is 0 Å².